The molecule has 0 N–H and O–H groups in total. The quantitative estimate of drug-likeness (QED) is 0.433. The van der Waals surface area contributed by atoms with Crippen LogP contribution < -0.4 is 5.56 Å². The monoisotopic (exact) mass is 377 g/mol. The third kappa shape index (κ3) is 4.86. The van der Waals surface area contributed by atoms with Crippen LogP contribution in [-0.2, 0) is 6.54 Å². The molecule has 3 heteroatoms. The fraction of sp³-hybridized carbons (Fsp3) is 0.292. The van der Waals surface area contributed by atoms with Crippen molar-refractivity contribution in [1.82, 2.24) is 4.57 Å². The summed E-state index contributed by atoms with van der Waals surface area (Å²) in [5.74, 6) is 0. The van der Waals surface area contributed by atoms with Crippen molar-refractivity contribution in [2.75, 3.05) is 0 Å². The van der Waals surface area contributed by atoms with Crippen molar-refractivity contribution in [2.45, 2.75) is 46.1 Å². The summed E-state index contributed by atoms with van der Waals surface area (Å²) in [5, 5.41) is 4.23. The summed E-state index contributed by atoms with van der Waals surface area (Å²) < 4.78 is 1.87. The van der Waals surface area contributed by atoms with Gasteiger partial charge in [0, 0.05) is 11.8 Å². The summed E-state index contributed by atoms with van der Waals surface area (Å²) in [7, 11) is 0. The molecule has 2 nitrogen and oxygen atoms in total. The molecule has 0 aliphatic carbocycles. The second-order valence-electron chi connectivity index (χ2n) is 6.84. The number of rotatable bonds is 8. The summed E-state index contributed by atoms with van der Waals surface area (Å²) in [6.07, 6.45) is 8.34. The zero-order valence-electron chi connectivity index (χ0n) is 16.2. The molecular weight excluding hydrogens is 350 g/mol. The first-order valence-electron chi connectivity index (χ1n) is 9.73. The molecule has 0 atom stereocenters. The lowest BCUT2D eigenvalue weighted by atomic mass is 9.98. The van der Waals surface area contributed by atoms with Crippen LogP contribution in [0.25, 0.3) is 16.7 Å². The molecule has 3 rings (SSSR count). The van der Waals surface area contributed by atoms with Gasteiger partial charge in [-0.25, -0.2) is 0 Å². The third-order valence-electron chi connectivity index (χ3n) is 4.68. The Labute approximate surface area is 165 Å². The zero-order chi connectivity index (χ0) is 19.1. The molecule has 0 saturated heterocycles. The smallest absolute Gasteiger partial charge is 0.258 e. The summed E-state index contributed by atoms with van der Waals surface area (Å²) >= 11 is 1.68. The van der Waals surface area contributed by atoms with Gasteiger partial charge in [0.2, 0.25) is 0 Å². The number of pyridine rings is 1. The van der Waals surface area contributed by atoms with Crippen molar-refractivity contribution in [3.05, 3.63) is 87.0 Å². The van der Waals surface area contributed by atoms with Crippen LogP contribution in [0.1, 0.15) is 50.7 Å². The lowest BCUT2D eigenvalue weighted by Gasteiger charge is -2.14. The van der Waals surface area contributed by atoms with Crippen LogP contribution in [0.2, 0.25) is 0 Å². The fourth-order valence-electron chi connectivity index (χ4n) is 3.28. The standard InChI is InChI=1S/C24H27NOS/c1-3-5-12-20(9-4-2)23-15-22(21-13-14-27-18-21)17-25(24(23)26)16-19-10-7-6-8-11-19/h6-8,10-15,17-18H,3-5,9,16H2,1-2H3/b20-12+. The number of hydrogen-bond donors (Lipinski definition) is 0. The van der Waals surface area contributed by atoms with Gasteiger partial charge in [-0.15, -0.1) is 0 Å². The highest BCUT2D eigenvalue weighted by Gasteiger charge is 2.12. The number of nitrogens with zero attached hydrogens (tertiary/aromatic N) is 1. The van der Waals surface area contributed by atoms with Gasteiger partial charge in [0.15, 0.2) is 0 Å². The van der Waals surface area contributed by atoms with E-state index in [1.54, 1.807) is 11.3 Å². The van der Waals surface area contributed by atoms with Crippen LogP contribution in [0.3, 0.4) is 0 Å². The first-order chi connectivity index (χ1) is 13.2. The van der Waals surface area contributed by atoms with E-state index in [-0.39, 0.29) is 5.56 Å². The number of hydrogen-bond acceptors (Lipinski definition) is 2. The van der Waals surface area contributed by atoms with Crippen molar-refractivity contribution < 1.29 is 0 Å². The van der Waals surface area contributed by atoms with Gasteiger partial charge in [0.25, 0.3) is 5.56 Å². The first kappa shape index (κ1) is 19.4. The van der Waals surface area contributed by atoms with E-state index in [0.29, 0.717) is 6.54 Å². The lowest BCUT2D eigenvalue weighted by molar-refractivity contribution is 0.756. The minimum Gasteiger partial charge on any atom is -0.310 e. The Kier molecular flexibility index (Phi) is 6.83. The number of unbranched alkanes of at least 4 members (excludes halogenated alkanes) is 1. The van der Waals surface area contributed by atoms with Gasteiger partial charge in [0.05, 0.1) is 6.54 Å². The topological polar surface area (TPSA) is 22.0 Å². The predicted octanol–water partition coefficient (Wildman–Crippen LogP) is 6.61. The maximum absolute atomic E-state index is 13.3. The highest BCUT2D eigenvalue weighted by Crippen LogP contribution is 2.26. The Bertz CT molecular complexity index is 936. The summed E-state index contributed by atoms with van der Waals surface area (Å²) in [6.45, 7) is 4.94. The van der Waals surface area contributed by atoms with Crippen LogP contribution in [0.5, 0.6) is 0 Å². The van der Waals surface area contributed by atoms with Crippen molar-refractivity contribution in [3.8, 4) is 11.1 Å². The first-order valence-corrected chi connectivity index (χ1v) is 10.7. The van der Waals surface area contributed by atoms with Crippen LogP contribution in [0, 0.1) is 0 Å². The molecule has 2 heterocycles. The zero-order valence-corrected chi connectivity index (χ0v) is 17.0. The molecule has 2 aromatic heterocycles. The molecule has 140 valence electrons. The van der Waals surface area contributed by atoms with Crippen LogP contribution in [0.15, 0.2) is 70.3 Å². The Balaban J connectivity index is 2.12. The molecule has 27 heavy (non-hydrogen) atoms. The molecule has 0 spiro atoms. The normalized spacial score (nSPS) is 11.7. The van der Waals surface area contributed by atoms with Crippen LogP contribution in [0.4, 0.5) is 0 Å². The predicted molar refractivity (Wildman–Crippen MR) is 117 cm³/mol. The molecular formula is C24H27NOS. The highest BCUT2D eigenvalue weighted by atomic mass is 32.1. The largest absolute Gasteiger partial charge is 0.310 e. The third-order valence-corrected chi connectivity index (χ3v) is 5.36. The Hall–Kier alpha value is -2.39. The molecule has 3 aromatic rings. The minimum atomic E-state index is 0.105. The molecule has 0 aliphatic heterocycles. The van der Waals surface area contributed by atoms with Crippen molar-refractivity contribution in [2.24, 2.45) is 0 Å². The molecule has 0 aliphatic rings. The van der Waals surface area contributed by atoms with E-state index in [1.807, 2.05) is 29.0 Å². The van der Waals surface area contributed by atoms with Gasteiger partial charge in [-0.05, 0) is 58.0 Å². The van der Waals surface area contributed by atoms with E-state index in [9.17, 15) is 4.79 Å². The van der Waals surface area contributed by atoms with E-state index < -0.39 is 0 Å². The van der Waals surface area contributed by atoms with E-state index in [1.165, 1.54) is 11.1 Å². The van der Waals surface area contributed by atoms with E-state index in [0.717, 1.165) is 42.4 Å². The molecule has 0 fully saturated rings. The average Bonchev–Trinajstić information content (AvgIpc) is 3.22. The number of allylic oxidation sites excluding steroid dienone is 2. The Morgan fingerprint density at radius 3 is 2.56 bits per heavy atom. The second-order valence-corrected chi connectivity index (χ2v) is 7.62. The second kappa shape index (κ2) is 9.52. The fourth-order valence-corrected chi connectivity index (χ4v) is 3.95. The van der Waals surface area contributed by atoms with E-state index >= 15 is 0 Å². The van der Waals surface area contributed by atoms with Crippen LogP contribution >= 0.6 is 11.3 Å². The van der Waals surface area contributed by atoms with Crippen molar-refractivity contribution in [3.63, 3.8) is 0 Å². The average molecular weight is 378 g/mol. The summed E-state index contributed by atoms with van der Waals surface area (Å²) in [5.41, 5.74) is 5.57. The van der Waals surface area contributed by atoms with Gasteiger partial charge in [0.1, 0.15) is 0 Å². The Morgan fingerprint density at radius 2 is 1.89 bits per heavy atom. The maximum atomic E-state index is 13.3. The molecule has 0 unspecified atom stereocenters. The Morgan fingerprint density at radius 1 is 1.07 bits per heavy atom. The van der Waals surface area contributed by atoms with Gasteiger partial charge < -0.3 is 4.57 Å². The number of benzene rings is 1. The highest BCUT2D eigenvalue weighted by molar-refractivity contribution is 7.08. The molecule has 0 radical (unpaired) electrons. The number of thiophene rings is 1. The molecule has 0 saturated carbocycles. The molecule has 0 amide bonds. The summed E-state index contributed by atoms with van der Waals surface area (Å²) in [4.78, 5) is 13.3. The van der Waals surface area contributed by atoms with Gasteiger partial charge in [-0.1, -0.05) is 63.1 Å². The molecule has 0 bridgehead atoms. The van der Waals surface area contributed by atoms with Crippen molar-refractivity contribution >= 4 is 16.9 Å². The maximum Gasteiger partial charge on any atom is 0.258 e. The van der Waals surface area contributed by atoms with Gasteiger partial charge >= 0.3 is 0 Å². The van der Waals surface area contributed by atoms with Gasteiger partial charge in [-0.3, -0.25) is 4.79 Å². The van der Waals surface area contributed by atoms with Crippen molar-refractivity contribution in [1.29, 1.82) is 0 Å². The minimum absolute atomic E-state index is 0.105. The SMILES string of the molecule is CCC/C=C(\CCC)c1cc(-c2ccsc2)cn(Cc2ccccc2)c1=O. The molecule has 1 aromatic carbocycles. The van der Waals surface area contributed by atoms with E-state index in [4.69, 9.17) is 0 Å². The summed E-state index contributed by atoms with van der Waals surface area (Å²) in [6, 6.07) is 14.4. The lowest BCUT2D eigenvalue weighted by Crippen LogP contribution is -2.24. The number of aromatic nitrogens is 1. The van der Waals surface area contributed by atoms with Gasteiger partial charge in [-0.2, -0.15) is 11.3 Å². The van der Waals surface area contributed by atoms with Crippen LogP contribution in [-0.4, -0.2) is 4.57 Å². The van der Waals surface area contributed by atoms with E-state index in [2.05, 4.69) is 54.9 Å².